The normalized spacial score (nSPS) is 10.6. The summed E-state index contributed by atoms with van der Waals surface area (Å²) in [6.07, 6.45) is 1.66. The second-order valence-electron chi connectivity index (χ2n) is 6.00. The maximum Gasteiger partial charge on any atom is 0.191 e. The van der Waals surface area contributed by atoms with Crippen LogP contribution in [0.15, 0.2) is 82.4 Å². The first kappa shape index (κ1) is 20.8. The van der Waals surface area contributed by atoms with Crippen LogP contribution in [0, 0.1) is 0 Å². The quantitative estimate of drug-likeness (QED) is 0.277. The van der Waals surface area contributed by atoms with Crippen molar-refractivity contribution in [2.75, 3.05) is 12.4 Å². The number of methoxy groups -OCH3 is 1. The molecule has 0 aliphatic heterocycles. The highest BCUT2D eigenvalue weighted by Gasteiger charge is 2.11. The molecule has 3 rings (SSSR count). The van der Waals surface area contributed by atoms with Gasteiger partial charge >= 0.3 is 0 Å². The summed E-state index contributed by atoms with van der Waals surface area (Å²) in [5.41, 5.74) is 5.60. The fourth-order valence-electron chi connectivity index (χ4n) is 2.53. The molecule has 0 radical (unpaired) electrons. The molecule has 0 amide bonds. The molecule has 0 saturated carbocycles. The number of halogens is 1. The number of hydrogen-bond acceptors (Lipinski definition) is 4. The van der Waals surface area contributed by atoms with Crippen molar-refractivity contribution >= 4 is 45.2 Å². The average Bonchev–Trinajstić information content (AvgIpc) is 2.74. The highest BCUT2D eigenvalue weighted by Crippen LogP contribution is 2.36. The van der Waals surface area contributed by atoms with Crippen LogP contribution in [0.2, 0.25) is 0 Å². The van der Waals surface area contributed by atoms with Crippen LogP contribution in [0.1, 0.15) is 11.1 Å². The Labute approximate surface area is 183 Å². The summed E-state index contributed by atoms with van der Waals surface area (Å²) in [7, 11) is 1.61. The van der Waals surface area contributed by atoms with Gasteiger partial charge in [-0.1, -0.05) is 48.5 Å². The van der Waals surface area contributed by atoms with Crippen LogP contribution < -0.4 is 20.2 Å². The van der Waals surface area contributed by atoms with Crippen molar-refractivity contribution < 1.29 is 9.47 Å². The minimum atomic E-state index is 0.404. The first-order chi connectivity index (χ1) is 14.2. The summed E-state index contributed by atoms with van der Waals surface area (Å²) in [4.78, 5) is 0. The first-order valence-electron chi connectivity index (χ1n) is 8.85. The number of thiocarbonyl (C=S) groups is 1. The predicted octanol–water partition coefficient (Wildman–Crippen LogP) is 5.36. The van der Waals surface area contributed by atoms with Crippen LogP contribution in [-0.4, -0.2) is 18.4 Å². The number of hydrogen-bond donors (Lipinski definition) is 2. The standard InChI is InChI=1S/C22H20BrN3O2S/c1-27-20-13-17(14-24-26-22(29)25-18-10-6-3-7-11-18)12-19(23)21(20)28-15-16-8-4-2-5-9-16/h2-14H,15H2,1H3,(H2,25,26,29). The van der Waals surface area contributed by atoms with Gasteiger partial charge < -0.3 is 14.8 Å². The van der Waals surface area contributed by atoms with Crippen LogP contribution in [0.25, 0.3) is 0 Å². The second-order valence-corrected chi connectivity index (χ2v) is 7.26. The highest BCUT2D eigenvalue weighted by molar-refractivity contribution is 9.10. The van der Waals surface area contributed by atoms with E-state index in [-0.39, 0.29) is 0 Å². The Kier molecular flexibility index (Phi) is 7.61. The molecule has 0 heterocycles. The van der Waals surface area contributed by atoms with Gasteiger partial charge in [0.2, 0.25) is 0 Å². The number of nitrogens with one attached hydrogen (secondary N) is 2. The van der Waals surface area contributed by atoms with E-state index in [0.717, 1.165) is 21.3 Å². The maximum atomic E-state index is 5.95. The lowest BCUT2D eigenvalue weighted by molar-refractivity contribution is 0.282. The van der Waals surface area contributed by atoms with Gasteiger partial charge in [-0.25, -0.2) is 0 Å². The molecule has 0 unspecified atom stereocenters. The predicted molar refractivity (Wildman–Crippen MR) is 125 cm³/mol. The van der Waals surface area contributed by atoms with Gasteiger partial charge in [0.05, 0.1) is 17.8 Å². The molecular formula is C22H20BrN3O2S. The lowest BCUT2D eigenvalue weighted by Gasteiger charge is -2.13. The molecule has 2 N–H and O–H groups in total. The highest BCUT2D eigenvalue weighted by atomic mass is 79.9. The van der Waals surface area contributed by atoms with Crippen LogP contribution in [0.5, 0.6) is 11.5 Å². The molecule has 0 aliphatic rings. The van der Waals surface area contributed by atoms with Crippen molar-refractivity contribution in [1.82, 2.24) is 5.43 Å². The molecular weight excluding hydrogens is 450 g/mol. The third kappa shape index (κ3) is 6.30. The van der Waals surface area contributed by atoms with E-state index in [1.165, 1.54) is 0 Å². The topological polar surface area (TPSA) is 54.9 Å². The number of benzene rings is 3. The van der Waals surface area contributed by atoms with Crippen LogP contribution in [-0.2, 0) is 6.61 Å². The van der Waals surface area contributed by atoms with Crippen molar-refractivity contribution in [3.05, 3.63) is 88.4 Å². The Hall–Kier alpha value is -2.90. The fourth-order valence-corrected chi connectivity index (χ4v) is 3.27. The van der Waals surface area contributed by atoms with E-state index in [1.54, 1.807) is 13.3 Å². The minimum Gasteiger partial charge on any atom is -0.493 e. The first-order valence-corrected chi connectivity index (χ1v) is 10.0. The van der Waals surface area contributed by atoms with Crippen LogP contribution in [0.3, 0.4) is 0 Å². The Morgan fingerprint density at radius 1 is 1.07 bits per heavy atom. The monoisotopic (exact) mass is 469 g/mol. The third-order valence-electron chi connectivity index (χ3n) is 3.89. The van der Waals surface area contributed by atoms with E-state index in [2.05, 4.69) is 31.8 Å². The van der Waals surface area contributed by atoms with Gasteiger partial charge in [-0.05, 0) is 63.5 Å². The summed E-state index contributed by atoms with van der Waals surface area (Å²) in [6, 6.07) is 23.4. The molecule has 148 valence electrons. The molecule has 0 spiro atoms. The van der Waals surface area contributed by atoms with E-state index in [4.69, 9.17) is 21.7 Å². The summed E-state index contributed by atoms with van der Waals surface area (Å²) in [5.74, 6) is 1.25. The van der Waals surface area contributed by atoms with Gasteiger partial charge in [0.15, 0.2) is 16.6 Å². The minimum absolute atomic E-state index is 0.404. The molecule has 0 aliphatic carbocycles. The van der Waals surface area contributed by atoms with E-state index in [1.807, 2.05) is 72.8 Å². The van der Waals surface area contributed by atoms with Gasteiger partial charge in [-0.15, -0.1) is 0 Å². The lowest BCUT2D eigenvalue weighted by Crippen LogP contribution is -2.23. The number of anilines is 1. The molecule has 5 nitrogen and oxygen atoms in total. The average molecular weight is 470 g/mol. The van der Waals surface area contributed by atoms with Gasteiger partial charge in [0.25, 0.3) is 0 Å². The Morgan fingerprint density at radius 2 is 1.76 bits per heavy atom. The van der Waals surface area contributed by atoms with Gasteiger partial charge in [0.1, 0.15) is 6.61 Å². The molecule has 0 aromatic heterocycles. The summed E-state index contributed by atoms with van der Waals surface area (Å²) < 4.78 is 12.2. The maximum absolute atomic E-state index is 5.95. The van der Waals surface area contributed by atoms with Crippen LogP contribution >= 0.6 is 28.1 Å². The molecule has 0 fully saturated rings. The molecule has 7 heteroatoms. The Morgan fingerprint density at radius 3 is 2.45 bits per heavy atom. The van der Waals surface area contributed by atoms with Crippen molar-refractivity contribution in [2.45, 2.75) is 6.61 Å². The number of hydrazone groups is 1. The zero-order valence-corrected chi connectivity index (χ0v) is 18.2. The summed E-state index contributed by atoms with van der Waals surface area (Å²) in [6.45, 7) is 0.449. The molecule has 29 heavy (non-hydrogen) atoms. The molecule has 3 aromatic carbocycles. The smallest absolute Gasteiger partial charge is 0.191 e. The number of ether oxygens (including phenoxy) is 2. The van der Waals surface area contributed by atoms with Crippen molar-refractivity contribution in [3.63, 3.8) is 0 Å². The molecule has 0 atom stereocenters. The van der Waals surface area contributed by atoms with Gasteiger partial charge in [-0.2, -0.15) is 5.10 Å². The van der Waals surface area contributed by atoms with E-state index >= 15 is 0 Å². The lowest BCUT2D eigenvalue weighted by atomic mass is 10.2. The largest absolute Gasteiger partial charge is 0.493 e. The zero-order valence-electron chi connectivity index (χ0n) is 15.8. The molecule has 0 saturated heterocycles. The van der Waals surface area contributed by atoms with Crippen molar-refractivity contribution in [3.8, 4) is 11.5 Å². The fraction of sp³-hybridized carbons (Fsp3) is 0.0909. The second kappa shape index (κ2) is 10.6. The van der Waals surface area contributed by atoms with Gasteiger partial charge in [-0.3, -0.25) is 5.43 Å². The number of para-hydroxylation sites is 1. The van der Waals surface area contributed by atoms with Crippen LogP contribution in [0.4, 0.5) is 5.69 Å². The molecule has 3 aromatic rings. The molecule has 0 bridgehead atoms. The van der Waals surface area contributed by atoms with Gasteiger partial charge in [0, 0.05) is 5.69 Å². The summed E-state index contributed by atoms with van der Waals surface area (Å²) >= 11 is 8.79. The van der Waals surface area contributed by atoms with E-state index < -0.39 is 0 Å². The number of nitrogens with zero attached hydrogens (tertiary/aromatic N) is 1. The Balaban J connectivity index is 1.63. The van der Waals surface area contributed by atoms with E-state index in [9.17, 15) is 0 Å². The van der Waals surface area contributed by atoms with Crippen molar-refractivity contribution in [1.29, 1.82) is 0 Å². The third-order valence-corrected chi connectivity index (χ3v) is 4.67. The number of rotatable bonds is 7. The zero-order chi connectivity index (χ0) is 20.5. The Bertz CT molecular complexity index is 982. The van der Waals surface area contributed by atoms with Crippen molar-refractivity contribution in [2.24, 2.45) is 5.10 Å². The SMILES string of the molecule is COc1cc(C=NNC(=S)Nc2ccccc2)cc(Br)c1OCc1ccccc1. The van der Waals surface area contributed by atoms with E-state index in [0.29, 0.717) is 23.2 Å². The summed E-state index contributed by atoms with van der Waals surface area (Å²) in [5, 5.41) is 7.64.